The number of benzene rings is 6. The molecule has 1 aliphatic rings. The zero-order chi connectivity index (χ0) is 27.0. The number of nitrogens with one attached hydrogen (secondary N) is 3. The molecule has 3 N–H and O–H groups in total. The van der Waals surface area contributed by atoms with Crippen LogP contribution in [0, 0.1) is 0 Å². The van der Waals surface area contributed by atoms with Crippen molar-refractivity contribution in [2.75, 3.05) is 10.6 Å². The zero-order valence-corrected chi connectivity index (χ0v) is 22.7. The van der Waals surface area contributed by atoms with Gasteiger partial charge in [-0.3, -0.25) is 0 Å². The maximum absolute atomic E-state index is 3.42. The zero-order valence-electron chi connectivity index (χ0n) is 21.9. The first-order valence-corrected chi connectivity index (χ1v) is 14.1. The third kappa shape index (κ3) is 6.04. The molecule has 0 spiro atoms. The van der Waals surface area contributed by atoms with Crippen molar-refractivity contribution in [3.63, 3.8) is 0 Å². The standard InChI is InChI=1S/C12H9NS.C12H9N.C12H11N/c1-3-7-11-9(5-1)13-10-6-2-4-8-12(10)14-11;1-3-7-11-9(5-1)10-6-2-4-8-12(10)13-11;1-3-7-11(8-4-1)13-12-9-5-2-6-10-12/h1-8,13H;1-8,13H;1-10,13H. The number of para-hydroxylation sites is 6. The number of aromatic amines is 1. The van der Waals surface area contributed by atoms with E-state index in [0.29, 0.717) is 0 Å². The van der Waals surface area contributed by atoms with E-state index in [1.54, 1.807) is 0 Å². The quantitative estimate of drug-likeness (QED) is 0.206. The van der Waals surface area contributed by atoms with Crippen LogP contribution < -0.4 is 10.6 Å². The number of H-pyrrole nitrogens is 1. The Morgan fingerprint density at radius 1 is 0.400 bits per heavy atom. The van der Waals surface area contributed by atoms with Gasteiger partial charge in [-0.1, -0.05) is 109 Å². The van der Waals surface area contributed by atoms with E-state index in [1.807, 2.05) is 72.4 Å². The normalized spacial score (nSPS) is 11.1. The summed E-state index contributed by atoms with van der Waals surface area (Å²) in [6.07, 6.45) is 0. The van der Waals surface area contributed by atoms with Gasteiger partial charge >= 0.3 is 0 Å². The molecule has 0 atom stereocenters. The summed E-state index contributed by atoms with van der Waals surface area (Å²) in [4.78, 5) is 5.97. The lowest BCUT2D eigenvalue weighted by Gasteiger charge is -2.19. The second-order valence-corrected chi connectivity index (χ2v) is 10.4. The smallest absolute Gasteiger partial charge is 0.0526 e. The summed E-state index contributed by atoms with van der Waals surface area (Å²) in [6, 6.07) is 53.8. The van der Waals surface area contributed by atoms with Gasteiger partial charge in [0.2, 0.25) is 0 Å². The Balaban J connectivity index is 0.000000109. The van der Waals surface area contributed by atoms with E-state index in [1.165, 1.54) is 43.0 Å². The molecule has 2 heterocycles. The van der Waals surface area contributed by atoms with Crippen LogP contribution in [0.15, 0.2) is 168 Å². The molecule has 4 heteroatoms. The number of hydrogen-bond acceptors (Lipinski definition) is 3. The fourth-order valence-corrected chi connectivity index (χ4v) is 5.58. The SMILES string of the molecule is c1ccc(Nc2ccccc2)cc1.c1ccc2c(c1)Nc1ccccc1S2.c1ccc2c(c1)[nH]c1ccccc12. The number of anilines is 4. The van der Waals surface area contributed by atoms with Crippen LogP contribution in [0.25, 0.3) is 21.8 Å². The summed E-state index contributed by atoms with van der Waals surface area (Å²) in [5.41, 5.74) is 7.07. The number of hydrogen-bond donors (Lipinski definition) is 3. The molecule has 0 aliphatic carbocycles. The van der Waals surface area contributed by atoms with E-state index in [-0.39, 0.29) is 0 Å². The third-order valence-corrected chi connectivity index (χ3v) is 7.67. The largest absolute Gasteiger partial charge is 0.356 e. The van der Waals surface area contributed by atoms with Crippen LogP contribution in [-0.2, 0) is 0 Å². The van der Waals surface area contributed by atoms with Gasteiger partial charge in [0.1, 0.15) is 0 Å². The van der Waals surface area contributed by atoms with Gasteiger partial charge in [-0.25, -0.2) is 0 Å². The van der Waals surface area contributed by atoms with Crippen LogP contribution in [0.2, 0.25) is 0 Å². The molecule has 0 saturated heterocycles. The average Bonchev–Trinajstić information content (AvgIpc) is 3.41. The molecule has 8 rings (SSSR count). The lowest BCUT2D eigenvalue weighted by molar-refractivity contribution is 1.32. The second-order valence-electron chi connectivity index (χ2n) is 9.29. The summed E-state index contributed by atoms with van der Waals surface area (Å²) >= 11 is 1.82. The van der Waals surface area contributed by atoms with Gasteiger partial charge in [0.25, 0.3) is 0 Å². The Bertz CT molecular complexity index is 1650. The van der Waals surface area contributed by atoms with E-state index in [4.69, 9.17) is 0 Å². The van der Waals surface area contributed by atoms with Crippen molar-refractivity contribution in [3.05, 3.63) is 158 Å². The van der Waals surface area contributed by atoms with Crippen LogP contribution in [0.4, 0.5) is 22.7 Å². The molecule has 0 amide bonds. The van der Waals surface area contributed by atoms with E-state index in [9.17, 15) is 0 Å². The van der Waals surface area contributed by atoms with Gasteiger partial charge in [0.15, 0.2) is 0 Å². The summed E-state index contributed by atoms with van der Waals surface area (Å²) in [5, 5.41) is 9.33. The van der Waals surface area contributed by atoms with E-state index >= 15 is 0 Å². The molecule has 0 saturated carbocycles. The minimum atomic E-state index is 1.12. The predicted molar refractivity (Wildman–Crippen MR) is 172 cm³/mol. The molecule has 1 aromatic heterocycles. The first-order valence-electron chi connectivity index (χ1n) is 13.3. The van der Waals surface area contributed by atoms with Gasteiger partial charge < -0.3 is 15.6 Å². The molecule has 3 nitrogen and oxygen atoms in total. The fourth-order valence-electron chi connectivity index (χ4n) is 4.59. The van der Waals surface area contributed by atoms with E-state index in [2.05, 4.69) is 113 Å². The highest BCUT2D eigenvalue weighted by Gasteiger charge is 2.13. The number of rotatable bonds is 2. The van der Waals surface area contributed by atoms with Gasteiger partial charge in [-0.05, 0) is 60.7 Å². The molecule has 1 aliphatic heterocycles. The first kappa shape index (κ1) is 25.4. The molecular formula is C36H29N3S. The lowest BCUT2D eigenvalue weighted by Crippen LogP contribution is -1.98. The first-order chi connectivity index (χ1) is 19.8. The number of aromatic nitrogens is 1. The highest BCUT2D eigenvalue weighted by molar-refractivity contribution is 7.99. The Morgan fingerprint density at radius 2 is 0.800 bits per heavy atom. The Labute approximate surface area is 238 Å². The van der Waals surface area contributed by atoms with Crippen LogP contribution in [0.5, 0.6) is 0 Å². The lowest BCUT2D eigenvalue weighted by atomic mass is 10.2. The summed E-state index contributed by atoms with van der Waals surface area (Å²) in [5.74, 6) is 0. The molecule has 0 radical (unpaired) electrons. The van der Waals surface area contributed by atoms with Crippen LogP contribution in [-0.4, -0.2) is 4.98 Å². The molecule has 0 fully saturated rings. The van der Waals surface area contributed by atoms with Gasteiger partial charge in [0.05, 0.1) is 11.4 Å². The van der Waals surface area contributed by atoms with Crippen molar-refractivity contribution < 1.29 is 0 Å². The molecule has 7 aromatic rings. The summed E-state index contributed by atoms with van der Waals surface area (Å²) in [7, 11) is 0. The van der Waals surface area contributed by atoms with Gasteiger partial charge in [0, 0.05) is 43.0 Å². The van der Waals surface area contributed by atoms with Crippen molar-refractivity contribution in [3.8, 4) is 0 Å². The molecule has 194 valence electrons. The predicted octanol–water partition coefficient (Wildman–Crippen LogP) is 10.6. The van der Waals surface area contributed by atoms with Crippen molar-refractivity contribution in [1.29, 1.82) is 0 Å². The van der Waals surface area contributed by atoms with Crippen molar-refractivity contribution >= 4 is 56.3 Å². The topological polar surface area (TPSA) is 39.8 Å². The molecule has 0 unspecified atom stereocenters. The van der Waals surface area contributed by atoms with E-state index in [0.717, 1.165) is 11.4 Å². The van der Waals surface area contributed by atoms with E-state index < -0.39 is 0 Å². The Kier molecular flexibility index (Phi) is 7.79. The summed E-state index contributed by atoms with van der Waals surface area (Å²) in [6.45, 7) is 0. The Hall–Kier alpha value is -4.93. The van der Waals surface area contributed by atoms with Gasteiger partial charge in [-0.15, -0.1) is 0 Å². The minimum Gasteiger partial charge on any atom is -0.356 e. The molecule has 6 aromatic carbocycles. The minimum absolute atomic E-state index is 1.12. The van der Waals surface area contributed by atoms with Crippen molar-refractivity contribution in [2.45, 2.75) is 9.79 Å². The van der Waals surface area contributed by atoms with Crippen molar-refractivity contribution in [1.82, 2.24) is 4.98 Å². The second kappa shape index (κ2) is 12.3. The highest BCUT2D eigenvalue weighted by Crippen LogP contribution is 2.43. The Morgan fingerprint density at radius 3 is 1.30 bits per heavy atom. The third-order valence-electron chi connectivity index (χ3n) is 6.51. The maximum atomic E-state index is 3.42. The molecular weight excluding hydrogens is 506 g/mol. The average molecular weight is 536 g/mol. The van der Waals surface area contributed by atoms with Crippen LogP contribution in [0.3, 0.4) is 0 Å². The van der Waals surface area contributed by atoms with Crippen LogP contribution in [0.1, 0.15) is 0 Å². The number of fused-ring (bicyclic) bond motifs is 5. The maximum Gasteiger partial charge on any atom is 0.0526 e. The van der Waals surface area contributed by atoms with Crippen LogP contribution >= 0.6 is 11.8 Å². The summed E-state index contributed by atoms with van der Waals surface area (Å²) < 4.78 is 0. The molecule has 0 bridgehead atoms. The van der Waals surface area contributed by atoms with Gasteiger partial charge in [-0.2, -0.15) is 0 Å². The molecule has 40 heavy (non-hydrogen) atoms. The fraction of sp³-hybridized carbons (Fsp3) is 0. The van der Waals surface area contributed by atoms with Crippen molar-refractivity contribution in [2.24, 2.45) is 0 Å². The highest BCUT2D eigenvalue weighted by atomic mass is 32.2. The monoisotopic (exact) mass is 535 g/mol.